The summed E-state index contributed by atoms with van der Waals surface area (Å²) in [5.41, 5.74) is 5.87. The van der Waals surface area contributed by atoms with Crippen LogP contribution in [0.15, 0.2) is 41.5 Å². The Balaban J connectivity index is 1.91. The molecule has 0 fully saturated rings. The normalized spacial score (nSPS) is 10.7. The summed E-state index contributed by atoms with van der Waals surface area (Å²) in [4.78, 5) is 22.0. The molecule has 0 aliphatic carbocycles. The summed E-state index contributed by atoms with van der Waals surface area (Å²) < 4.78 is 5.56. The van der Waals surface area contributed by atoms with Crippen molar-refractivity contribution in [2.75, 3.05) is 6.61 Å². The Kier molecular flexibility index (Phi) is 5.84. The summed E-state index contributed by atoms with van der Waals surface area (Å²) in [6.45, 7) is 5.68. The first-order chi connectivity index (χ1) is 11.9. The number of aryl methyl sites for hydroxylation is 3. The van der Waals surface area contributed by atoms with Crippen LogP contribution in [0, 0.1) is 30.9 Å². The fraction of sp³-hybridized carbons (Fsp3) is 0.222. The smallest absolute Gasteiger partial charge is 0.277 e. The van der Waals surface area contributed by atoms with Gasteiger partial charge in [-0.25, -0.2) is 5.43 Å². The van der Waals surface area contributed by atoms with Crippen molar-refractivity contribution >= 4 is 17.8 Å². The van der Waals surface area contributed by atoms with Gasteiger partial charge in [0.15, 0.2) is 6.61 Å². The Morgan fingerprint density at radius 1 is 1.24 bits per heavy atom. The number of nitro groups is 1. The van der Waals surface area contributed by atoms with Gasteiger partial charge in [-0.3, -0.25) is 14.9 Å². The fourth-order valence-corrected chi connectivity index (χ4v) is 2.46. The number of nitro benzene ring substituents is 1. The highest BCUT2D eigenvalue weighted by Gasteiger charge is 2.08. The van der Waals surface area contributed by atoms with Gasteiger partial charge in [0.05, 0.1) is 11.1 Å². The maximum atomic E-state index is 11.8. The minimum absolute atomic E-state index is 0.0380. The zero-order valence-electron chi connectivity index (χ0n) is 14.3. The molecule has 25 heavy (non-hydrogen) atoms. The molecule has 2 aromatic rings. The topological polar surface area (TPSA) is 93.8 Å². The van der Waals surface area contributed by atoms with Crippen LogP contribution in [0.2, 0.25) is 0 Å². The molecule has 0 heterocycles. The summed E-state index contributed by atoms with van der Waals surface area (Å²) in [7, 11) is 0. The molecule has 0 spiro atoms. The number of benzene rings is 2. The minimum atomic E-state index is -0.490. The highest BCUT2D eigenvalue weighted by Crippen LogP contribution is 2.24. The van der Waals surface area contributed by atoms with Gasteiger partial charge in [0, 0.05) is 17.7 Å². The van der Waals surface area contributed by atoms with Crippen LogP contribution in [0.25, 0.3) is 0 Å². The van der Waals surface area contributed by atoms with Crippen molar-refractivity contribution < 1.29 is 14.5 Å². The number of amides is 1. The van der Waals surface area contributed by atoms with Crippen molar-refractivity contribution in [2.45, 2.75) is 20.8 Å². The third-order valence-electron chi connectivity index (χ3n) is 3.44. The van der Waals surface area contributed by atoms with Gasteiger partial charge >= 0.3 is 0 Å². The van der Waals surface area contributed by atoms with Gasteiger partial charge in [0.1, 0.15) is 5.75 Å². The molecular formula is C18H19N3O4. The van der Waals surface area contributed by atoms with Crippen molar-refractivity contribution in [3.05, 3.63) is 68.8 Å². The molecule has 2 aromatic carbocycles. The Morgan fingerprint density at radius 3 is 2.56 bits per heavy atom. The number of ether oxygens (including phenoxy) is 1. The molecule has 0 unspecified atom stereocenters. The lowest BCUT2D eigenvalue weighted by Crippen LogP contribution is -2.25. The number of nitrogens with zero attached hydrogens (tertiary/aromatic N) is 2. The van der Waals surface area contributed by atoms with Crippen LogP contribution in [0.3, 0.4) is 0 Å². The Hall–Kier alpha value is -3.22. The number of nitrogens with one attached hydrogen (secondary N) is 1. The summed E-state index contributed by atoms with van der Waals surface area (Å²) in [5.74, 6) is 0.268. The standard InChI is InChI=1S/C18H19N3O4/c1-12-7-13(2)18(14(3)8-12)25-11-17(22)20-19-10-15-5-4-6-16(9-15)21(23)24/h4-10H,11H2,1-3H3,(H,20,22). The molecule has 2 rings (SSSR count). The van der Waals surface area contributed by atoms with Crippen molar-refractivity contribution in [3.63, 3.8) is 0 Å². The number of rotatable bonds is 6. The zero-order chi connectivity index (χ0) is 18.4. The van der Waals surface area contributed by atoms with Crippen LogP contribution >= 0.6 is 0 Å². The van der Waals surface area contributed by atoms with Gasteiger partial charge in [-0.1, -0.05) is 29.8 Å². The largest absolute Gasteiger partial charge is 0.483 e. The maximum absolute atomic E-state index is 11.8. The molecule has 0 aromatic heterocycles. The number of non-ortho nitro benzene ring substituents is 1. The zero-order valence-corrected chi connectivity index (χ0v) is 14.3. The summed E-state index contributed by atoms with van der Waals surface area (Å²) in [5, 5.41) is 14.5. The van der Waals surface area contributed by atoms with Crippen LogP contribution in [0.1, 0.15) is 22.3 Å². The first kappa shape index (κ1) is 18.1. The van der Waals surface area contributed by atoms with Crippen molar-refractivity contribution in [3.8, 4) is 5.75 Å². The predicted octanol–water partition coefficient (Wildman–Crippen LogP) is 3.05. The van der Waals surface area contributed by atoms with E-state index in [0.717, 1.165) is 16.7 Å². The number of hydrogen-bond acceptors (Lipinski definition) is 5. The summed E-state index contributed by atoms with van der Waals surface area (Å²) >= 11 is 0. The molecule has 0 saturated heterocycles. The maximum Gasteiger partial charge on any atom is 0.277 e. The molecule has 130 valence electrons. The SMILES string of the molecule is Cc1cc(C)c(OCC(=O)NN=Cc2cccc([N+](=O)[O-])c2)c(C)c1. The van der Waals surface area contributed by atoms with Gasteiger partial charge in [-0.15, -0.1) is 0 Å². The van der Waals surface area contributed by atoms with E-state index < -0.39 is 10.8 Å². The molecular weight excluding hydrogens is 322 g/mol. The summed E-state index contributed by atoms with van der Waals surface area (Å²) in [6.07, 6.45) is 1.34. The number of hydrazone groups is 1. The Bertz CT molecular complexity index is 808. The molecule has 7 heteroatoms. The Morgan fingerprint density at radius 2 is 1.92 bits per heavy atom. The second-order valence-electron chi connectivity index (χ2n) is 5.66. The van der Waals surface area contributed by atoms with Crippen LogP contribution in [-0.2, 0) is 4.79 Å². The number of carbonyl (C=O) groups is 1. The highest BCUT2D eigenvalue weighted by atomic mass is 16.6. The lowest BCUT2D eigenvalue weighted by atomic mass is 10.1. The monoisotopic (exact) mass is 341 g/mol. The van der Waals surface area contributed by atoms with E-state index in [9.17, 15) is 14.9 Å². The molecule has 0 bridgehead atoms. The van der Waals surface area contributed by atoms with Gasteiger partial charge in [-0.05, 0) is 31.9 Å². The van der Waals surface area contributed by atoms with Crippen molar-refractivity contribution in [1.29, 1.82) is 0 Å². The third kappa shape index (κ3) is 5.13. The Labute approximate surface area is 145 Å². The quantitative estimate of drug-likeness (QED) is 0.496. The lowest BCUT2D eigenvalue weighted by molar-refractivity contribution is -0.384. The molecule has 1 N–H and O–H groups in total. The van der Waals surface area contributed by atoms with E-state index in [1.54, 1.807) is 12.1 Å². The first-order valence-corrected chi connectivity index (χ1v) is 7.64. The number of carbonyl (C=O) groups excluding carboxylic acids is 1. The average Bonchev–Trinajstić information content (AvgIpc) is 2.54. The van der Waals surface area contributed by atoms with Gasteiger partial charge < -0.3 is 4.74 Å². The molecule has 7 nitrogen and oxygen atoms in total. The number of hydrogen-bond donors (Lipinski definition) is 1. The molecule has 0 saturated carbocycles. The molecule has 0 atom stereocenters. The molecule has 0 aliphatic rings. The fourth-order valence-electron chi connectivity index (χ4n) is 2.46. The van der Waals surface area contributed by atoms with E-state index >= 15 is 0 Å². The van der Waals surface area contributed by atoms with Crippen LogP contribution < -0.4 is 10.2 Å². The lowest BCUT2D eigenvalue weighted by Gasteiger charge is -2.12. The van der Waals surface area contributed by atoms with E-state index in [1.165, 1.54) is 18.3 Å². The first-order valence-electron chi connectivity index (χ1n) is 7.64. The van der Waals surface area contributed by atoms with E-state index in [1.807, 2.05) is 32.9 Å². The van der Waals surface area contributed by atoms with Gasteiger partial charge in [0.2, 0.25) is 0 Å². The van der Waals surface area contributed by atoms with Crippen molar-refractivity contribution in [1.82, 2.24) is 5.43 Å². The molecule has 0 radical (unpaired) electrons. The van der Waals surface area contributed by atoms with Gasteiger partial charge in [0.25, 0.3) is 11.6 Å². The van der Waals surface area contributed by atoms with E-state index in [2.05, 4.69) is 10.5 Å². The van der Waals surface area contributed by atoms with Crippen LogP contribution in [-0.4, -0.2) is 23.7 Å². The van der Waals surface area contributed by atoms with Crippen LogP contribution in [0.5, 0.6) is 5.75 Å². The molecule has 1 amide bonds. The second kappa shape index (κ2) is 8.05. The van der Waals surface area contributed by atoms with Crippen LogP contribution in [0.4, 0.5) is 5.69 Å². The van der Waals surface area contributed by atoms with Crippen molar-refractivity contribution in [2.24, 2.45) is 5.10 Å². The average molecular weight is 341 g/mol. The predicted molar refractivity (Wildman–Crippen MR) is 95.0 cm³/mol. The van der Waals surface area contributed by atoms with E-state index in [0.29, 0.717) is 11.3 Å². The second-order valence-corrected chi connectivity index (χ2v) is 5.66. The van der Waals surface area contributed by atoms with E-state index in [-0.39, 0.29) is 12.3 Å². The van der Waals surface area contributed by atoms with Gasteiger partial charge in [-0.2, -0.15) is 5.10 Å². The van der Waals surface area contributed by atoms with E-state index in [4.69, 9.17) is 4.74 Å². The minimum Gasteiger partial charge on any atom is -0.483 e. The summed E-state index contributed by atoms with van der Waals surface area (Å²) in [6, 6.07) is 9.92. The highest BCUT2D eigenvalue weighted by molar-refractivity contribution is 5.83. The molecule has 0 aliphatic heterocycles. The third-order valence-corrected chi connectivity index (χ3v) is 3.44.